The zero-order valence-corrected chi connectivity index (χ0v) is 5.98. The lowest BCUT2D eigenvalue weighted by Crippen LogP contribution is -2.20. The Balaban J connectivity index is 2.97. The Kier molecular flexibility index (Phi) is 2.18. The van der Waals surface area contributed by atoms with Gasteiger partial charge in [0.05, 0.1) is 0 Å². The summed E-state index contributed by atoms with van der Waals surface area (Å²) in [5, 5.41) is 10.0. The van der Waals surface area contributed by atoms with Gasteiger partial charge in [-0.25, -0.2) is 9.97 Å². The van der Waals surface area contributed by atoms with E-state index in [-0.39, 0.29) is 11.5 Å². The van der Waals surface area contributed by atoms with Crippen molar-refractivity contribution in [2.24, 2.45) is 0 Å². The van der Waals surface area contributed by atoms with Gasteiger partial charge in [0.15, 0.2) is 17.7 Å². The fraction of sp³-hybridized carbons (Fsp3) is 0. The van der Waals surface area contributed by atoms with Crippen molar-refractivity contribution in [3.8, 4) is 6.19 Å². The van der Waals surface area contributed by atoms with Crippen molar-refractivity contribution in [2.75, 3.05) is 5.73 Å². The number of nitrogens with zero attached hydrogens (tertiary/aromatic N) is 3. The first kappa shape index (κ1) is 7.94. The summed E-state index contributed by atoms with van der Waals surface area (Å²) in [4.78, 5) is 18.2. The maximum atomic E-state index is 10.9. The molecule has 0 spiro atoms. The van der Waals surface area contributed by atoms with Gasteiger partial charge in [-0.1, -0.05) is 0 Å². The quantitative estimate of drug-likeness (QED) is 0.419. The van der Waals surface area contributed by atoms with Gasteiger partial charge >= 0.3 is 0 Å². The number of nitrogens with two attached hydrogens (primary N) is 1. The highest BCUT2D eigenvalue weighted by Gasteiger charge is 2.10. The molecule has 1 aromatic rings. The number of carbonyl (C=O) groups excluding carboxylic acids is 1. The number of rotatable bonds is 1. The molecule has 6 nitrogen and oxygen atoms in total. The molecule has 0 aromatic carbocycles. The van der Waals surface area contributed by atoms with Crippen molar-refractivity contribution in [3.05, 3.63) is 18.1 Å². The van der Waals surface area contributed by atoms with Gasteiger partial charge in [0.2, 0.25) is 0 Å². The van der Waals surface area contributed by atoms with Crippen molar-refractivity contribution >= 4 is 11.7 Å². The van der Waals surface area contributed by atoms with Crippen LogP contribution in [-0.2, 0) is 0 Å². The molecule has 0 aliphatic rings. The van der Waals surface area contributed by atoms with Gasteiger partial charge < -0.3 is 5.73 Å². The van der Waals surface area contributed by atoms with Gasteiger partial charge in [-0.05, 0) is 0 Å². The molecule has 3 N–H and O–H groups in total. The Bertz CT molecular complexity index is 342. The Morgan fingerprint density at radius 2 is 2.25 bits per heavy atom. The summed E-state index contributed by atoms with van der Waals surface area (Å²) < 4.78 is 0. The molecule has 0 radical (unpaired) electrons. The van der Waals surface area contributed by atoms with E-state index in [1.807, 2.05) is 5.32 Å². The largest absolute Gasteiger partial charge is 0.382 e. The Morgan fingerprint density at radius 1 is 1.58 bits per heavy atom. The molecule has 0 saturated carbocycles. The molecule has 60 valence electrons. The Labute approximate surface area is 68.0 Å². The maximum Gasteiger partial charge on any atom is 0.286 e. The van der Waals surface area contributed by atoms with Crippen LogP contribution in [0.1, 0.15) is 10.5 Å². The fourth-order valence-corrected chi connectivity index (χ4v) is 0.634. The lowest BCUT2D eigenvalue weighted by molar-refractivity contribution is 0.0968. The van der Waals surface area contributed by atoms with E-state index in [0.717, 1.165) is 0 Å². The summed E-state index contributed by atoms with van der Waals surface area (Å²) in [7, 11) is 0. The van der Waals surface area contributed by atoms with Crippen LogP contribution in [0.15, 0.2) is 12.4 Å². The molecule has 1 rings (SSSR count). The summed E-state index contributed by atoms with van der Waals surface area (Å²) in [5.74, 6) is -0.645. The van der Waals surface area contributed by atoms with Gasteiger partial charge in [-0.3, -0.25) is 10.1 Å². The van der Waals surface area contributed by atoms with Gasteiger partial charge in [-0.2, -0.15) is 5.26 Å². The minimum absolute atomic E-state index is 0.00486. The van der Waals surface area contributed by atoms with Gasteiger partial charge in [0, 0.05) is 12.4 Å². The van der Waals surface area contributed by atoms with Crippen LogP contribution in [0.2, 0.25) is 0 Å². The third-order valence-electron chi connectivity index (χ3n) is 1.11. The summed E-state index contributed by atoms with van der Waals surface area (Å²) in [6.07, 6.45) is 4.15. The molecule has 0 unspecified atom stereocenters. The smallest absolute Gasteiger partial charge is 0.286 e. The molecule has 6 heteroatoms. The summed E-state index contributed by atoms with van der Waals surface area (Å²) >= 11 is 0. The summed E-state index contributed by atoms with van der Waals surface area (Å²) in [6.45, 7) is 0. The monoisotopic (exact) mass is 163 g/mol. The zero-order chi connectivity index (χ0) is 8.97. The molecule has 0 fully saturated rings. The Morgan fingerprint density at radius 3 is 2.83 bits per heavy atom. The van der Waals surface area contributed by atoms with Crippen LogP contribution in [0.5, 0.6) is 0 Å². The lowest BCUT2D eigenvalue weighted by Gasteiger charge is -1.97. The van der Waals surface area contributed by atoms with Crippen molar-refractivity contribution in [2.45, 2.75) is 0 Å². The maximum absolute atomic E-state index is 10.9. The fourth-order valence-electron chi connectivity index (χ4n) is 0.634. The second kappa shape index (κ2) is 3.30. The van der Waals surface area contributed by atoms with E-state index in [0.29, 0.717) is 0 Å². The SMILES string of the molecule is N#CNC(=O)c1nccnc1N. The molecule has 1 amide bonds. The predicted molar refractivity (Wildman–Crippen MR) is 39.5 cm³/mol. The molecular weight excluding hydrogens is 158 g/mol. The highest BCUT2D eigenvalue weighted by atomic mass is 16.1. The number of hydrogen-bond acceptors (Lipinski definition) is 5. The molecule has 0 atom stereocenters. The second-order valence-electron chi connectivity index (χ2n) is 1.86. The lowest BCUT2D eigenvalue weighted by atomic mass is 10.4. The number of carbonyl (C=O) groups is 1. The molecular formula is C6H5N5O. The molecule has 0 saturated heterocycles. The summed E-state index contributed by atoms with van der Waals surface area (Å²) in [6, 6.07) is 0. The van der Waals surface area contributed by atoms with E-state index in [2.05, 4.69) is 9.97 Å². The second-order valence-corrected chi connectivity index (χ2v) is 1.86. The number of amides is 1. The van der Waals surface area contributed by atoms with Gasteiger partial charge in [-0.15, -0.1) is 0 Å². The third-order valence-corrected chi connectivity index (χ3v) is 1.11. The average Bonchev–Trinajstić information content (AvgIpc) is 2.05. The minimum Gasteiger partial charge on any atom is -0.382 e. The van der Waals surface area contributed by atoms with Crippen LogP contribution in [0.25, 0.3) is 0 Å². The number of nitriles is 1. The van der Waals surface area contributed by atoms with Crippen molar-refractivity contribution in [1.29, 1.82) is 5.26 Å². The van der Waals surface area contributed by atoms with Crippen LogP contribution in [-0.4, -0.2) is 15.9 Å². The van der Waals surface area contributed by atoms with E-state index in [1.54, 1.807) is 0 Å². The van der Waals surface area contributed by atoms with Crippen LogP contribution in [0, 0.1) is 11.5 Å². The van der Waals surface area contributed by atoms with Crippen LogP contribution in [0.4, 0.5) is 5.82 Å². The standard InChI is InChI=1S/C6H5N5O/c7-3-11-6(12)4-5(8)10-2-1-9-4/h1-2H,(H2,8,10)(H,11,12). The number of nitrogen functional groups attached to an aromatic ring is 1. The van der Waals surface area contributed by atoms with Crippen LogP contribution < -0.4 is 11.1 Å². The Hall–Kier alpha value is -2.16. The first-order chi connectivity index (χ1) is 5.75. The molecule has 1 heterocycles. The molecule has 0 aliphatic carbocycles. The van der Waals surface area contributed by atoms with Crippen LogP contribution in [0.3, 0.4) is 0 Å². The van der Waals surface area contributed by atoms with Gasteiger partial charge in [0.1, 0.15) is 0 Å². The number of aromatic nitrogens is 2. The molecule has 0 aliphatic heterocycles. The first-order valence-corrected chi connectivity index (χ1v) is 3.01. The third kappa shape index (κ3) is 1.46. The van der Waals surface area contributed by atoms with Crippen LogP contribution >= 0.6 is 0 Å². The number of nitrogens with one attached hydrogen (secondary N) is 1. The summed E-state index contributed by atoms with van der Waals surface area (Å²) in [5.41, 5.74) is 5.27. The number of anilines is 1. The minimum atomic E-state index is -0.650. The molecule has 1 aromatic heterocycles. The van der Waals surface area contributed by atoms with Gasteiger partial charge in [0.25, 0.3) is 5.91 Å². The predicted octanol–water partition coefficient (Wildman–Crippen LogP) is -0.730. The van der Waals surface area contributed by atoms with E-state index in [9.17, 15) is 4.79 Å². The molecule has 12 heavy (non-hydrogen) atoms. The average molecular weight is 163 g/mol. The highest BCUT2D eigenvalue weighted by molar-refractivity contribution is 5.96. The topological polar surface area (TPSA) is 105 Å². The molecule has 0 bridgehead atoms. The van der Waals surface area contributed by atoms with Crippen molar-refractivity contribution in [3.63, 3.8) is 0 Å². The van der Waals surface area contributed by atoms with E-state index >= 15 is 0 Å². The van der Waals surface area contributed by atoms with E-state index in [4.69, 9.17) is 11.0 Å². The van der Waals surface area contributed by atoms with E-state index < -0.39 is 5.91 Å². The number of hydrogen-bond donors (Lipinski definition) is 2. The zero-order valence-electron chi connectivity index (χ0n) is 5.98. The first-order valence-electron chi connectivity index (χ1n) is 3.01. The van der Waals surface area contributed by atoms with Crippen molar-refractivity contribution < 1.29 is 4.79 Å². The normalized spacial score (nSPS) is 8.58. The van der Waals surface area contributed by atoms with Crippen molar-refractivity contribution in [1.82, 2.24) is 15.3 Å². The highest BCUT2D eigenvalue weighted by Crippen LogP contribution is 2.01. The van der Waals surface area contributed by atoms with E-state index in [1.165, 1.54) is 18.6 Å².